The Kier molecular flexibility index (Phi) is 6.37. The number of hydrogen-bond acceptors (Lipinski definition) is 2. The largest absolute Gasteiger partial charge is 0.489 e. The van der Waals surface area contributed by atoms with E-state index in [0.29, 0.717) is 6.61 Å². The molecule has 0 aliphatic carbocycles. The van der Waals surface area contributed by atoms with Crippen molar-refractivity contribution in [1.82, 2.24) is 0 Å². The van der Waals surface area contributed by atoms with Gasteiger partial charge in [-0.25, -0.2) is 0 Å². The lowest BCUT2D eigenvalue weighted by Crippen LogP contribution is -2.00. The van der Waals surface area contributed by atoms with E-state index in [4.69, 9.17) is 10.5 Å². The zero-order chi connectivity index (χ0) is 15.1. The zero-order valence-electron chi connectivity index (χ0n) is 13.4. The fraction of sp³-hybridized carbons (Fsp3) is 0.444. The lowest BCUT2D eigenvalue weighted by molar-refractivity contribution is 0.359. The van der Waals surface area contributed by atoms with Crippen molar-refractivity contribution >= 4 is 5.69 Å². The third-order valence-electron chi connectivity index (χ3n) is 3.54. The van der Waals surface area contributed by atoms with Gasteiger partial charge < -0.3 is 10.5 Å². The van der Waals surface area contributed by atoms with Crippen LogP contribution in [0.4, 0.5) is 5.69 Å². The summed E-state index contributed by atoms with van der Waals surface area (Å²) in [6.07, 6.45) is 6.62. The first-order valence-corrected chi connectivity index (χ1v) is 7.19. The Morgan fingerprint density at radius 3 is 2.45 bits per heavy atom. The average Bonchev–Trinajstić information content (AvgIpc) is 2.38. The molecule has 0 saturated carbocycles. The highest BCUT2D eigenvalue weighted by Crippen LogP contribution is 2.25. The molecule has 0 aromatic heterocycles. The topological polar surface area (TPSA) is 35.2 Å². The second-order valence-electron chi connectivity index (χ2n) is 5.58. The van der Waals surface area contributed by atoms with Gasteiger partial charge in [-0.05, 0) is 76.8 Å². The normalized spacial score (nSPS) is 11.3. The number of allylic oxidation sites excluding steroid dienone is 3. The Balaban J connectivity index is 2.51. The minimum absolute atomic E-state index is 0.616. The summed E-state index contributed by atoms with van der Waals surface area (Å²) >= 11 is 0. The van der Waals surface area contributed by atoms with Crippen LogP contribution in [0.2, 0.25) is 0 Å². The molecule has 1 aromatic rings. The Hall–Kier alpha value is -1.70. The molecule has 2 N–H and O–H groups in total. The number of hydrogen-bond donors (Lipinski definition) is 1. The molecule has 0 atom stereocenters. The molecule has 0 saturated heterocycles. The number of benzene rings is 1. The SMILES string of the molecule is CC(C)=CCCC(C)=CCOc1ccc(N)c(C)c1C. The molecule has 2 nitrogen and oxygen atoms in total. The number of nitrogens with two attached hydrogens (primary N) is 1. The van der Waals surface area contributed by atoms with Gasteiger partial charge in [0.25, 0.3) is 0 Å². The van der Waals surface area contributed by atoms with Crippen molar-refractivity contribution in [3.05, 3.63) is 46.6 Å². The van der Waals surface area contributed by atoms with E-state index in [1.54, 1.807) is 0 Å². The highest BCUT2D eigenvalue weighted by molar-refractivity contribution is 5.55. The van der Waals surface area contributed by atoms with Crippen LogP contribution in [0.15, 0.2) is 35.4 Å². The van der Waals surface area contributed by atoms with Gasteiger partial charge in [0, 0.05) is 5.69 Å². The molecule has 0 heterocycles. The van der Waals surface area contributed by atoms with E-state index in [-0.39, 0.29) is 0 Å². The summed E-state index contributed by atoms with van der Waals surface area (Å²) in [6, 6.07) is 3.85. The van der Waals surface area contributed by atoms with Crippen molar-refractivity contribution in [3.8, 4) is 5.75 Å². The van der Waals surface area contributed by atoms with Crippen molar-refractivity contribution in [2.45, 2.75) is 47.5 Å². The summed E-state index contributed by atoms with van der Waals surface area (Å²) in [5, 5.41) is 0. The summed E-state index contributed by atoms with van der Waals surface area (Å²) in [5.41, 5.74) is 11.7. The summed E-state index contributed by atoms with van der Waals surface area (Å²) in [4.78, 5) is 0. The smallest absolute Gasteiger partial charge is 0.123 e. The van der Waals surface area contributed by atoms with E-state index < -0.39 is 0 Å². The lowest BCUT2D eigenvalue weighted by atomic mass is 10.1. The van der Waals surface area contributed by atoms with Gasteiger partial charge in [0.15, 0.2) is 0 Å². The Morgan fingerprint density at radius 1 is 1.10 bits per heavy atom. The second kappa shape index (κ2) is 7.78. The fourth-order valence-electron chi connectivity index (χ4n) is 1.94. The third-order valence-corrected chi connectivity index (χ3v) is 3.54. The highest BCUT2D eigenvalue weighted by atomic mass is 16.5. The minimum Gasteiger partial charge on any atom is -0.489 e. The maximum atomic E-state index is 5.87. The van der Waals surface area contributed by atoms with E-state index in [9.17, 15) is 0 Å². The standard InChI is InChI=1S/C18H27NO/c1-13(2)7-6-8-14(3)11-12-20-18-10-9-17(19)15(4)16(18)5/h7,9-11H,6,8,12,19H2,1-5H3. The van der Waals surface area contributed by atoms with Crippen molar-refractivity contribution in [3.63, 3.8) is 0 Å². The molecule has 0 aliphatic rings. The van der Waals surface area contributed by atoms with Crippen molar-refractivity contribution in [2.75, 3.05) is 12.3 Å². The number of anilines is 1. The molecule has 0 spiro atoms. The Bertz CT molecular complexity index is 508. The van der Waals surface area contributed by atoms with E-state index in [2.05, 4.69) is 32.9 Å². The van der Waals surface area contributed by atoms with E-state index in [0.717, 1.165) is 35.4 Å². The van der Waals surface area contributed by atoms with Crippen molar-refractivity contribution in [1.29, 1.82) is 0 Å². The third kappa shape index (κ3) is 5.12. The van der Waals surface area contributed by atoms with Crippen LogP contribution in [0, 0.1) is 13.8 Å². The lowest BCUT2D eigenvalue weighted by Gasteiger charge is -2.11. The minimum atomic E-state index is 0.616. The predicted molar refractivity (Wildman–Crippen MR) is 88.2 cm³/mol. The summed E-state index contributed by atoms with van der Waals surface area (Å²) in [6.45, 7) is 11.1. The molecule has 0 unspecified atom stereocenters. The Morgan fingerprint density at radius 2 is 1.80 bits per heavy atom. The molecule has 110 valence electrons. The first kappa shape index (κ1) is 16.4. The molecule has 0 amide bonds. The van der Waals surface area contributed by atoms with Crippen LogP contribution in [-0.4, -0.2) is 6.61 Å². The molecule has 1 rings (SSSR count). The average molecular weight is 273 g/mol. The van der Waals surface area contributed by atoms with Gasteiger partial charge in [-0.1, -0.05) is 17.2 Å². The van der Waals surface area contributed by atoms with Gasteiger partial charge in [0.2, 0.25) is 0 Å². The van der Waals surface area contributed by atoms with E-state index in [1.807, 2.05) is 26.0 Å². The fourth-order valence-corrected chi connectivity index (χ4v) is 1.94. The van der Waals surface area contributed by atoms with E-state index in [1.165, 1.54) is 11.1 Å². The molecule has 1 aromatic carbocycles. The maximum absolute atomic E-state index is 5.87. The van der Waals surface area contributed by atoms with E-state index >= 15 is 0 Å². The van der Waals surface area contributed by atoms with Gasteiger partial charge in [-0.3, -0.25) is 0 Å². The molecular weight excluding hydrogens is 246 g/mol. The predicted octanol–water partition coefficient (Wildman–Crippen LogP) is 4.96. The summed E-state index contributed by atoms with van der Waals surface area (Å²) in [5.74, 6) is 0.921. The zero-order valence-corrected chi connectivity index (χ0v) is 13.4. The number of rotatable bonds is 6. The van der Waals surface area contributed by atoms with Crippen LogP contribution in [0.5, 0.6) is 5.75 Å². The summed E-state index contributed by atoms with van der Waals surface area (Å²) in [7, 11) is 0. The molecular formula is C18H27NO. The first-order chi connectivity index (χ1) is 9.41. The molecule has 0 aliphatic heterocycles. The molecule has 20 heavy (non-hydrogen) atoms. The van der Waals surface area contributed by atoms with Crippen LogP contribution in [0.3, 0.4) is 0 Å². The van der Waals surface area contributed by atoms with Gasteiger partial charge in [-0.2, -0.15) is 0 Å². The van der Waals surface area contributed by atoms with Crippen LogP contribution in [0.1, 0.15) is 44.7 Å². The molecule has 0 radical (unpaired) electrons. The first-order valence-electron chi connectivity index (χ1n) is 7.19. The monoisotopic (exact) mass is 273 g/mol. The maximum Gasteiger partial charge on any atom is 0.123 e. The molecule has 0 bridgehead atoms. The van der Waals surface area contributed by atoms with Gasteiger partial charge in [0.05, 0.1) is 0 Å². The van der Waals surface area contributed by atoms with Crippen molar-refractivity contribution < 1.29 is 4.74 Å². The molecule has 0 fully saturated rings. The van der Waals surface area contributed by atoms with Gasteiger partial charge >= 0.3 is 0 Å². The Labute approximate surface area is 123 Å². The van der Waals surface area contributed by atoms with Crippen LogP contribution in [0.25, 0.3) is 0 Å². The second-order valence-corrected chi connectivity index (χ2v) is 5.58. The van der Waals surface area contributed by atoms with Gasteiger partial charge in [-0.15, -0.1) is 0 Å². The number of nitrogen functional groups attached to an aromatic ring is 1. The molecule has 2 heteroatoms. The van der Waals surface area contributed by atoms with Crippen LogP contribution < -0.4 is 10.5 Å². The van der Waals surface area contributed by atoms with Crippen molar-refractivity contribution in [2.24, 2.45) is 0 Å². The van der Waals surface area contributed by atoms with Gasteiger partial charge in [0.1, 0.15) is 12.4 Å². The van der Waals surface area contributed by atoms with Crippen LogP contribution >= 0.6 is 0 Å². The highest BCUT2D eigenvalue weighted by Gasteiger charge is 2.04. The van der Waals surface area contributed by atoms with Crippen LogP contribution in [-0.2, 0) is 0 Å². The quantitative estimate of drug-likeness (QED) is 0.587. The number of ether oxygens (including phenoxy) is 1. The summed E-state index contributed by atoms with van der Waals surface area (Å²) < 4.78 is 5.82.